The number of carboxylic acid groups (broad SMARTS) is 1. The summed E-state index contributed by atoms with van der Waals surface area (Å²) in [4.78, 5) is 14.0. The van der Waals surface area contributed by atoms with E-state index in [1.165, 1.54) is 38.5 Å². The van der Waals surface area contributed by atoms with Crippen molar-refractivity contribution in [2.75, 3.05) is 7.05 Å². The van der Waals surface area contributed by atoms with Gasteiger partial charge in [-0.15, -0.1) is 0 Å². The van der Waals surface area contributed by atoms with Gasteiger partial charge >= 0.3 is 5.97 Å². The normalized spacial score (nSPS) is 26.0. The molecule has 98 valence electrons. The van der Waals surface area contributed by atoms with E-state index < -0.39 is 11.5 Å². The summed E-state index contributed by atoms with van der Waals surface area (Å²) in [6.07, 6.45) is 11.1. The zero-order valence-electron chi connectivity index (χ0n) is 11.0. The molecule has 0 aliphatic heterocycles. The van der Waals surface area contributed by atoms with Crippen LogP contribution in [0.2, 0.25) is 0 Å². The molecular formula is C14H25NO2. The van der Waals surface area contributed by atoms with Crippen LogP contribution in [0.25, 0.3) is 0 Å². The second kappa shape index (κ2) is 5.38. The van der Waals surface area contributed by atoms with Gasteiger partial charge in [-0.1, -0.05) is 38.5 Å². The summed E-state index contributed by atoms with van der Waals surface area (Å²) < 4.78 is 0. The molecule has 0 spiro atoms. The summed E-state index contributed by atoms with van der Waals surface area (Å²) >= 11 is 0. The Balaban J connectivity index is 2.16. The van der Waals surface area contributed by atoms with Gasteiger partial charge in [0.1, 0.15) is 5.54 Å². The van der Waals surface area contributed by atoms with Crippen molar-refractivity contribution in [3.8, 4) is 0 Å². The van der Waals surface area contributed by atoms with Gasteiger partial charge in [-0.3, -0.25) is 9.69 Å². The molecule has 0 bridgehead atoms. The van der Waals surface area contributed by atoms with Crippen molar-refractivity contribution in [1.82, 2.24) is 4.90 Å². The third-order valence-corrected chi connectivity index (χ3v) is 4.88. The number of carbonyl (C=O) groups is 1. The van der Waals surface area contributed by atoms with Gasteiger partial charge in [-0.2, -0.15) is 0 Å². The van der Waals surface area contributed by atoms with Gasteiger partial charge in [0, 0.05) is 6.04 Å². The minimum Gasteiger partial charge on any atom is -0.480 e. The molecule has 2 rings (SSSR count). The Kier molecular flexibility index (Phi) is 4.08. The first-order valence-corrected chi connectivity index (χ1v) is 7.13. The van der Waals surface area contributed by atoms with Crippen LogP contribution in [0.4, 0.5) is 0 Å². The molecule has 0 saturated heterocycles. The molecule has 0 radical (unpaired) electrons. The van der Waals surface area contributed by atoms with Crippen molar-refractivity contribution in [3.63, 3.8) is 0 Å². The number of nitrogens with zero attached hydrogens (tertiary/aromatic N) is 1. The van der Waals surface area contributed by atoms with Crippen LogP contribution in [0.1, 0.15) is 64.2 Å². The Hall–Kier alpha value is -0.570. The van der Waals surface area contributed by atoms with Crippen molar-refractivity contribution in [3.05, 3.63) is 0 Å². The van der Waals surface area contributed by atoms with E-state index in [1.54, 1.807) is 0 Å². The maximum Gasteiger partial charge on any atom is 0.324 e. The standard InChI is InChI=1S/C14H25NO2/c1-15(12-8-4-5-9-12)14(13(16)17)10-6-2-3-7-11-14/h12H,2-11H2,1H3,(H,16,17). The van der Waals surface area contributed by atoms with Crippen molar-refractivity contribution in [2.24, 2.45) is 0 Å². The smallest absolute Gasteiger partial charge is 0.324 e. The number of hydrogen-bond donors (Lipinski definition) is 1. The monoisotopic (exact) mass is 239 g/mol. The molecule has 17 heavy (non-hydrogen) atoms. The predicted molar refractivity (Wildman–Crippen MR) is 68.1 cm³/mol. The lowest BCUT2D eigenvalue weighted by atomic mass is 9.87. The van der Waals surface area contributed by atoms with Crippen LogP contribution < -0.4 is 0 Å². The lowest BCUT2D eigenvalue weighted by Gasteiger charge is -2.41. The highest BCUT2D eigenvalue weighted by Crippen LogP contribution is 2.36. The van der Waals surface area contributed by atoms with E-state index in [1.807, 2.05) is 0 Å². The van der Waals surface area contributed by atoms with Gasteiger partial charge in [0.2, 0.25) is 0 Å². The Labute approximate surface area is 104 Å². The van der Waals surface area contributed by atoms with Crippen LogP contribution in [-0.2, 0) is 4.79 Å². The van der Waals surface area contributed by atoms with E-state index in [9.17, 15) is 9.90 Å². The minimum absolute atomic E-state index is 0.504. The molecule has 3 heteroatoms. The first kappa shape index (κ1) is 12.9. The predicted octanol–water partition coefficient (Wildman–Crippen LogP) is 3.04. The van der Waals surface area contributed by atoms with E-state index in [0.717, 1.165) is 25.7 Å². The number of likely N-dealkylation sites (N-methyl/N-ethyl adjacent to an activating group) is 1. The van der Waals surface area contributed by atoms with Gasteiger partial charge < -0.3 is 5.11 Å². The fourth-order valence-electron chi connectivity index (χ4n) is 3.67. The molecule has 0 heterocycles. The quantitative estimate of drug-likeness (QED) is 0.770. The number of aliphatic carboxylic acids is 1. The van der Waals surface area contributed by atoms with E-state index in [-0.39, 0.29) is 0 Å². The average Bonchev–Trinajstić information content (AvgIpc) is 2.72. The number of carboxylic acids is 1. The summed E-state index contributed by atoms with van der Waals surface area (Å²) in [5.74, 6) is -0.589. The Morgan fingerprint density at radius 3 is 2.06 bits per heavy atom. The second-order valence-corrected chi connectivity index (χ2v) is 5.80. The van der Waals surface area contributed by atoms with Crippen molar-refractivity contribution in [1.29, 1.82) is 0 Å². The van der Waals surface area contributed by atoms with Crippen molar-refractivity contribution in [2.45, 2.75) is 75.8 Å². The lowest BCUT2D eigenvalue weighted by Crippen LogP contribution is -2.55. The molecule has 0 amide bonds. The molecule has 0 aromatic heterocycles. The van der Waals surface area contributed by atoms with Crippen LogP contribution in [0.15, 0.2) is 0 Å². The number of rotatable bonds is 3. The van der Waals surface area contributed by atoms with Crippen LogP contribution in [0, 0.1) is 0 Å². The summed E-state index contributed by atoms with van der Waals surface area (Å²) in [5, 5.41) is 9.70. The molecule has 2 saturated carbocycles. The first-order valence-electron chi connectivity index (χ1n) is 7.13. The molecular weight excluding hydrogens is 214 g/mol. The second-order valence-electron chi connectivity index (χ2n) is 5.80. The fourth-order valence-corrected chi connectivity index (χ4v) is 3.67. The van der Waals surface area contributed by atoms with E-state index in [2.05, 4.69) is 11.9 Å². The first-order chi connectivity index (χ1) is 8.17. The van der Waals surface area contributed by atoms with Crippen LogP contribution in [-0.4, -0.2) is 34.6 Å². The summed E-state index contributed by atoms with van der Waals surface area (Å²) in [6.45, 7) is 0. The Morgan fingerprint density at radius 1 is 1.06 bits per heavy atom. The van der Waals surface area contributed by atoms with Gasteiger partial charge in [0.25, 0.3) is 0 Å². The zero-order chi connectivity index (χ0) is 12.3. The molecule has 0 aromatic rings. The Bertz CT molecular complexity index is 263. The van der Waals surface area contributed by atoms with Gasteiger partial charge in [0.05, 0.1) is 0 Å². The molecule has 0 aromatic carbocycles. The molecule has 2 fully saturated rings. The van der Waals surface area contributed by atoms with Crippen molar-refractivity contribution < 1.29 is 9.90 Å². The molecule has 0 atom stereocenters. The highest BCUT2D eigenvalue weighted by Gasteiger charge is 2.45. The molecule has 3 nitrogen and oxygen atoms in total. The maximum absolute atomic E-state index is 11.8. The maximum atomic E-state index is 11.8. The van der Waals surface area contributed by atoms with Gasteiger partial charge in [0.15, 0.2) is 0 Å². The third kappa shape index (κ3) is 2.49. The minimum atomic E-state index is -0.589. The summed E-state index contributed by atoms with van der Waals surface area (Å²) in [5.41, 5.74) is -0.564. The van der Waals surface area contributed by atoms with E-state index in [4.69, 9.17) is 0 Å². The average molecular weight is 239 g/mol. The van der Waals surface area contributed by atoms with Crippen LogP contribution in [0.5, 0.6) is 0 Å². The lowest BCUT2D eigenvalue weighted by molar-refractivity contribution is -0.153. The number of hydrogen-bond acceptors (Lipinski definition) is 2. The van der Waals surface area contributed by atoms with Crippen LogP contribution in [0.3, 0.4) is 0 Å². The largest absolute Gasteiger partial charge is 0.480 e. The summed E-state index contributed by atoms with van der Waals surface area (Å²) in [6, 6.07) is 0.504. The van der Waals surface area contributed by atoms with E-state index >= 15 is 0 Å². The fraction of sp³-hybridized carbons (Fsp3) is 0.929. The SMILES string of the molecule is CN(C1CCCC1)C1(C(=O)O)CCCCCC1. The molecule has 0 unspecified atom stereocenters. The highest BCUT2D eigenvalue weighted by molar-refractivity contribution is 5.78. The molecule has 2 aliphatic rings. The topological polar surface area (TPSA) is 40.5 Å². The van der Waals surface area contributed by atoms with E-state index in [0.29, 0.717) is 6.04 Å². The molecule has 1 N–H and O–H groups in total. The van der Waals surface area contributed by atoms with Gasteiger partial charge in [-0.25, -0.2) is 0 Å². The van der Waals surface area contributed by atoms with Crippen molar-refractivity contribution >= 4 is 5.97 Å². The van der Waals surface area contributed by atoms with Crippen LogP contribution >= 0.6 is 0 Å². The van der Waals surface area contributed by atoms with Gasteiger partial charge in [-0.05, 0) is 32.7 Å². The Morgan fingerprint density at radius 2 is 1.59 bits per heavy atom. The third-order valence-electron chi connectivity index (χ3n) is 4.88. The highest BCUT2D eigenvalue weighted by atomic mass is 16.4. The molecule has 2 aliphatic carbocycles. The summed E-state index contributed by atoms with van der Waals surface area (Å²) in [7, 11) is 2.05. The zero-order valence-corrected chi connectivity index (χ0v) is 11.0.